The Labute approximate surface area is 348 Å². The third-order valence-electron chi connectivity index (χ3n) is 11.6. The highest BCUT2D eigenvalue weighted by Gasteiger charge is 2.62. The molecule has 1 aromatic heterocycles. The van der Waals surface area contributed by atoms with E-state index in [2.05, 4.69) is 28.5 Å². The third kappa shape index (κ3) is 9.10. The maximum atomic E-state index is 14.8. The van der Waals surface area contributed by atoms with E-state index in [1.54, 1.807) is 31.4 Å². The molecule has 4 fully saturated rings. The summed E-state index contributed by atoms with van der Waals surface area (Å²) in [5.41, 5.74) is 0.366. The molecular formula is C43H50N6O10S. The van der Waals surface area contributed by atoms with Gasteiger partial charge < -0.3 is 34.6 Å². The molecular weight excluding hydrogens is 793 g/mol. The normalized spacial score (nSPS) is 22.9. The zero-order chi connectivity index (χ0) is 42.8. The smallest absolute Gasteiger partial charge is 0.408 e. The van der Waals surface area contributed by atoms with Crippen LogP contribution in [0, 0.1) is 5.92 Å². The number of sulfonamides is 1. The number of carbonyl (C=O) groups excluding carboxylic acids is 5. The first-order valence-corrected chi connectivity index (χ1v) is 21.7. The number of amides is 5. The molecule has 2 aromatic carbocycles. The van der Waals surface area contributed by atoms with E-state index < -0.39 is 74.6 Å². The number of hydrogen-bond acceptors (Lipinski definition) is 11. The number of carbonyl (C=O) groups is 5. The molecule has 3 aromatic rings. The molecule has 1 unspecified atom stereocenters. The highest BCUT2D eigenvalue weighted by molar-refractivity contribution is 7.91. The summed E-state index contributed by atoms with van der Waals surface area (Å²) in [4.78, 5) is 76.2. The Morgan fingerprint density at radius 2 is 1.75 bits per heavy atom. The van der Waals surface area contributed by atoms with E-state index in [1.807, 2.05) is 30.3 Å². The van der Waals surface area contributed by atoms with Crippen LogP contribution in [0.2, 0.25) is 0 Å². The number of hydrogen-bond donors (Lipinski definition) is 3. The number of ether oxygens (including phenoxy) is 3. The van der Waals surface area contributed by atoms with Crippen molar-refractivity contribution in [1.29, 1.82) is 0 Å². The van der Waals surface area contributed by atoms with Crippen LogP contribution in [0.1, 0.15) is 51.4 Å². The molecule has 4 aliphatic rings. The SMILES string of the molecule is C=CC(=O)N(C)C[C@H](NC(=O)OC1CCCC1)C(=O)N1CC(Oc2cc(-c3ccccc3)nc3cc(OC)ccc23)C[C@H]1C(=O)N[C@]1(C(=O)NS(=O)(=O)C2CC2)C[C@H]1C=C. The highest BCUT2D eigenvalue weighted by Crippen LogP contribution is 2.45. The van der Waals surface area contributed by atoms with Gasteiger partial charge in [0.2, 0.25) is 27.7 Å². The van der Waals surface area contributed by atoms with Gasteiger partial charge in [0.05, 0.1) is 36.7 Å². The Bertz CT molecular complexity index is 2300. The van der Waals surface area contributed by atoms with Gasteiger partial charge >= 0.3 is 6.09 Å². The average molecular weight is 843 g/mol. The Morgan fingerprint density at radius 1 is 1.02 bits per heavy atom. The van der Waals surface area contributed by atoms with E-state index in [1.165, 1.54) is 22.9 Å². The van der Waals surface area contributed by atoms with Crippen molar-refractivity contribution in [3.63, 3.8) is 0 Å². The molecule has 17 heteroatoms. The van der Waals surface area contributed by atoms with Crippen molar-refractivity contribution >= 4 is 50.6 Å². The van der Waals surface area contributed by atoms with Crippen molar-refractivity contribution in [3.05, 3.63) is 79.9 Å². The second-order valence-electron chi connectivity index (χ2n) is 15.9. The van der Waals surface area contributed by atoms with E-state index in [0.717, 1.165) is 24.5 Å². The molecule has 0 spiro atoms. The van der Waals surface area contributed by atoms with Crippen molar-refractivity contribution < 1.29 is 46.6 Å². The minimum absolute atomic E-state index is 0.0598. The Hall–Kier alpha value is -5.97. The van der Waals surface area contributed by atoms with E-state index in [-0.39, 0.29) is 32.0 Å². The summed E-state index contributed by atoms with van der Waals surface area (Å²) >= 11 is 0. The number of aromatic nitrogens is 1. The molecule has 3 saturated carbocycles. The van der Waals surface area contributed by atoms with Gasteiger partial charge in [0, 0.05) is 42.5 Å². The van der Waals surface area contributed by atoms with Crippen LogP contribution in [-0.4, -0.2) is 115 Å². The van der Waals surface area contributed by atoms with E-state index in [0.29, 0.717) is 53.8 Å². The third-order valence-corrected chi connectivity index (χ3v) is 13.4. The van der Waals surface area contributed by atoms with Gasteiger partial charge in [0.15, 0.2) is 0 Å². The van der Waals surface area contributed by atoms with Crippen LogP contribution >= 0.6 is 0 Å². The Balaban J connectivity index is 1.22. The van der Waals surface area contributed by atoms with Gasteiger partial charge in [-0.05, 0) is 63.2 Å². The summed E-state index contributed by atoms with van der Waals surface area (Å²) in [6.07, 6.45) is 4.61. The standard InChI is InChI=1S/C43H50N6O10S/c1-5-27-23-43(27,41(53)47-60(55,56)31-17-18-31)46-39(51)36-21-30(58-37-22-33(26-12-8-7-9-13-26)44-34-20-29(57-4)16-19-32(34)37)24-49(36)40(52)35(25-48(3)38(50)6-2)45-42(54)59-28-14-10-11-15-28/h5-9,12-13,16,19-20,22,27-28,30-31,35-36H,1-2,10-11,14-15,17-18,21,23-25H2,3-4H3,(H,45,54)(H,46,51)(H,47,53)/t27-,30?,35+,36+,43-/m1/s1. The van der Waals surface area contributed by atoms with E-state index >= 15 is 0 Å². The maximum absolute atomic E-state index is 14.8. The van der Waals surface area contributed by atoms with Crippen molar-refractivity contribution in [2.24, 2.45) is 5.92 Å². The minimum Gasteiger partial charge on any atom is -0.497 e. The molecule has 5 atom stereocenters. The molecule has 1 saturated heterocycles. The predicted molar refractivity (Wildman–Crippen MR) is 221 cm³/mol. The van der Waals surface area contributed by atoms with Gasteiger partial charge in [0.1, 0.15) is 41.3 Å². The van der Waals surface area contributed by atoms with Crippen LogP contribution in [0.15, 0.2) is 79.9 Å². The quantitative estimate of drug-likeness (QED) is 0.141. The van der Waals surface area contributed by atoms with Gasteiger partial charge in [-0.3, -0.25) is 23.9 Å². The molecule has 0 radical (unpaired) electrons. The lowest BCUT2D eigenvalue weighted by atomic mass is 10.1. The fraction of sp³-hybridized carbons (Fsp3) is 0.442. The highest BCUT2D eigenvalue weighted by atomic mass is 32.2. The fourth-order valence-corrected chi connectivity index (χ4v) is 9.33. The topological polar surface area (TPSA) is 203 Å². The summed E-state index contributed by atoms with van der Waals surface area (Å²) in [5, 5.41) is 5.37. The molecule has 1 aliphatic heterocycles. The lowest BCUT2D eigenvalue weighted by Gasteiger charge is -2.31. The van der Waals surface area contributed by atoms with Crippen LogP contribution in [-0.2, 0) is 33.9 Å². The molecule has 3 aliphatic carbocycles. The van der Waals surface area contributed by atoms with Gasteiger partial charge in [-0.2, -0.15) is 0 Å². The van der Waals surface area contributed by atoms with Crippen LogP contribution < -0.4 is 24.8 Å². The molecule has 0 bridgehead atoms. The molecule has 60 heavy (non-hydrogen) atoms. The van der Waals surface area contributed by atoms with Crippen LogP contribution in [0.4, 0.5) is 4.79 Å². The second kappa shape index (κ2) is 17.3. The number of likely N-dealkylation sites (N-methyl/N-ethyl adjacent to an activating group) is 1. The van der Waals surface area contributed by atoms with Crippen molar-refractivity contribution in [2.75, 3.05) is 27.2 Å². The van der Waals surface area contributed by atoms with Crippen molar-refractivity contribution in [1.82, 2.24) is 30.1 Å². The summed E-state index contributed by atoms with van der Waals surface area (Å²) in [5.74, 6) is -2.44. The van der Waals surface area contributed by atoms with E-state index in [4.69, 9.17) is 19.2 Å². The zero-order valence-corrected chi connectivity index (χ0v) is 34.4. The minimum atomic E-state index is -3.96. The number of methoxy groups -OCH3 is 1. The lowest BCUT2D eigenvalue weighted by Crippen LogP contribution is -2.59. The van der Waals surface area contributed by atoms with Crippen LogP contribution in [0.25, 0.3) is 22.2 Å². The number of likely N-dealkylation sites (tertiary alicyclic amines) is 1. The van der Waals surface area contributed by atoms with Crippen molar-refractivity contribution in [3.8, 4) is 22.8 Å². The van der Waals surface area contributed by atoms with Crippen molar-refractivity contribution in [2.45, 2.75) is 86.4 Å². The molecule has 318 valence electrons. The van der Waals surface area contributed by atoms with Gasteiger partial charge in [-0.1, -0.05) is 43.0 Å². The average Bonchev–Trinajstić information content (AvgIpc) is 4.13. The molecule has 5 amide bonds. The predicted octanol–water partition coefficient (Wildman–Crippen LogP) is 3.61. The summed E-state index contributed by atoms with van der Waals surface area (Å²) in [7, 11) is -0.958. The van der Waals surface area contributed by atoms with Crippen LogP contribution in [0.5, 0.6) is 11.5 Å². The van der Waals surface area contributed by atoms with Gasteiger partial charge in [0.25, 0.3) is 5.91 Å². The summed E-state index contributed by atoms with van der Waals surface area (Å²) < 4.78 is 45.6. The van der Waals surface area contributed by atoms with Gasteiger partial charge in [-0.15, -0.1) is 6.58 Å². The Morgan fingerprint density at radius 3 is 2.40 bits per heavy atom. The zero-order valence-electron chi connectivity index (χ0n) is 33.6. The second-order valence-corrected chi connectivity index (χ2v) is 17.8. The number of alkyl carbamates (subject to hydrolysis) is 1. The van der Waals surface area contributed by atoms with E-state index in [9.17, 15) is 32.4 Å². The van der Waals surface area contributed by atoms with Crippen LogP contribution in [0.3, 0.4) is 0 Å². The molecule has 2 heterocycles. The number of rotatable bonds is 16. The number of pyridine rings is 1. The molecule has 3 N–H and O–H groups in total. The summed E-state index contributed by atoms with van der Waals surface area (Å²) in [6, 6.07) is 14.0. The lowest BCUT2D eigenvalue weighted by molar-refractivity contribution is -0.141. The molecule has 7 rings (SSSR count). The fourth-order valence-electron chi connectivity index (χ4n) is 7.97. The monoisotopic (exact) mass is 842 g/mol. The Kier molecular flexibility index (Phi) is 12.2. The number of fused-ring (bicyclic) bond motifs is 1. The van der Waals surface area contributed by atoms with Gasteiger partial charge in [-0.25, -0.2) is 18.2 Å². The maximum Gasteiger partial charge on any atom is 0.408 e. The number of nitrogens with one attached hydrogen (secondary N) is 3. The summed E-state index contributed by atoms with van der Waals surface area (Å²) in [6.45, 7) is 6.87. The largest absolute Gasteiger partial charge is 0.497 e. The number of benzene rings is 2. The first-order valence-electron chi connectivity index (χ1n) is 20.1. The molecule has 16 nitrogen and oxygen atoms in total. The first kappa shape index (κ1) is 42.2. The first-order chi connectivity index (χ1) is 28.7. The number of nitrogens with zero attached hydrogens (tertiary/aromatic N) is 3.